The third-order valence-corrected chi connectivity index (χ3v) is 6.77. The number of aryl methyl sites for hydroxylation is 2. The second-order valence-corrected chi connectivity index (χ2v) is 8.84. The molecule has 0 fully saturated rings. The molecule has 4 rings (SSSR count). The number of hydrogen-bond acceptors (Lipinski definition) is 7. The minimum atomic E-state index is -1.03. The highest BCUT2D eigenvalue weighted by atomic mass is 32.1. The van der Waals surface area contributed by atoms with Gasteiger partial charge in [0, 0.05) is 11.4 Å². The number of hydrogen-bond donors (Lipinski definition) is 1. The average Bonchev–Trinajstić information content (AvgIpc) is 3.17. The van der Waals surface area contributed by atoms with Gasteiger partial charge in [0.05, 0.1) is 17.5 Å². The van der Waals surface area contributed by atoms with Crippen LogP contribution in [0.5, 0.6) is 0 Å². The SMILES string of the molecule is CC(OC(=O)CCn1c(=O)oc2ccccc21)C(=O)Nc1sc2c(c1C#N)CCCCC2. The number of amides is 1. The van der Waals surface area contributed by atoms with E-state index in [1.807, 2.05) is 0 Å². The van der Waals surface area contributed by atoms with E-state index in [1.165, 1.54) is 22.8 Å². The zero-order chi connectivity index (χ0) is 22.7. The van der Waals surface area contributed by atoms with Crippen LogP contribution in [-0.2, 0) is 33.7 Å². The van der Waals surface area contributed by atoms with Crippen LogP contribution in [0.2, 0.25) is 0 Å². The Morgan fingerprint density at radius 3 is 2.88 bits per heavy atom. The Morgan fingerprint density at radius 2 is 2.06 bits per heavy atom. The van der Waals surface area contributed by atoms with E-state index < -0.39 is 23.7 Å². The fourth-order valence-corrected chi connectivity index (χ4v) is 5.14. The van der Waals surface area contributed by atoms with Crippen LogP contribution in [0.3, 0.4) is 0 Å². The van der Waals surface area contributed by atoms with Crippen molar-refractivity contribution in [1.82, 2.24) is 4.57 Å². The number of carbonyl (C=O) groups is 2. The number of benzene rings is 1. The molecule has 3 aromatic rings. The van der Waals surface area contributed by atoms with Crippen LogP contribution in [0.1, 0.15) is 48.6 Å². The first-order valence-corrected chi connectivity index (χ1v) is 11.4. The molecule has 0 aliphatic heterocycles. The third-order valence-electron chi connectivity index (χ3n) is 5.56. The number of nitriles is 1. The molecular weight excluding hydrogens is 430 g/mol. The van der Waals surface area contributed by atoms with Crippen molar-refractivity contribution in [1.29, 1.82) is 5.26 Å². The monoisotopic (exact) mass is 453 g/mol. The van der Waals surface area contributed by atoms with Gasteiger partial charge < -0.3 is 14.5 Å². The zero-order valence-corrected chi connectivity index (χ0v) is 18.5. The van der Waals surface area contributed by atoms with Gasteiger partial charge in [-0.2, -0.15) is 5.26 Å². The highest BCUT2D eigenvalue weighted by molar-refractivity contribution is 7.16. The molecule has 1 N–H and O–H groups in total. The standard InChI is InChI=1S/C23H23N3O5S/c1-14(21(28)25-22-16(13-24)15-7-3-2-4-10-19(15)32-22)30-20(27)11-12-26-17-8-5-6-9-18(17)31-23(26)29/h5-6,8-9,14H,2-4,7,10-12H2,1H3,(H,25,28). The average molecular weight is 454 g/mol. The first-order chi connectivity index (χ1) is 15.5. The third kappa shape index (κ3) is 4.46. The first kappa shape index (κ1) is 21.8. The minimum absolute atomic E-state index is 0.0826. The molecule has 1 aliphatic rings. The number of nitrogens with one attached hydrogen (secondary N) is 1. The van der Waals surface area contributed by atoms with E-state index in [4.69, 9.17) is 9.15 Å². The van der Waals surface area contributed by atoms with Crippen molar-refractivity contribution >= 4 is 39.3 Å². The summed E-state index contributed by atoms with van der Waals surface area (Å²) >= 11 is 1.43. The Labute approximate surface area is 188 Å². The summed E-state index contributed by atoms with van der Waals surface area (Å²) in [6.07, 6.45) is 3.89. The lowest BCUT2D eigenvalue weighted by Gasteiger charge is -2.13. The van der Waals surface area contributed by atoms with E-state index in [9.17, 15) is 19.6 Å². The van der Waals surface area contributed by atoms with Crippen LogP contribution in [-0.4, -0.2) is 22.5 Å². The number of esters is 1. The molecule has 0 saturated carbocycles. The molecule has 1 amide bonds. The Morgan fingerprint density at radius 1 is 1.28 bits per heavy atom. The predicted octanol–water partition coefficient (Wildman–Crippen LogP) is 3.76. The van der Waals surface area contributed by atoms with E-state index in [0.29, 0.717) is 21.7 Å². The van der Waals surface area contributed by atoms with Crippen molar-refractivity contribution in [3.05, 3.63) is 50.8 Å². The molecule has 9 heteroatoms. The second kappa shape index (κ2) is 9.40. The highest BCUT2D eigenvalue weighted by Gasteiger charge is 2.24. The molecule has 2 aromatic heterocycles. The number of carbonyl (C=O) groups excluding carboxylic acids is 2. The normalized spacial score (nSPS) is 14.2. The van der Waals surface area contributed by atoms with Gasteiger partial charge >= 0.3 is 11.7 Å². The number of nitrogens with zero attached hydrogens (tertiary/aromatic N) is 2. The summed E-state index contributed by atoms with van der Waals surface area (Å²) < 4.78 is 11.8. The van der Waals surface area contributed by atoms with Crippen molar-refractivity contribution < 1.29 is 18.7 Å². The largest absolute Gasteiger partial charge is 0.452 e. The summed E-state index contributed by atoms with van der Waals surface area (Å²) in [5.41, 5.74) is 2.59. The fraction of sp³-hybridized carbons (Fsp3) is 0.391. The lowest BCUT2D eigenvalue weighted by molar-refractivity contribution is -0.153. The first-order valence-electron chi connectivity index (χ1n) is 10.6. The molecule has 2 heterocycles. The van der Waals surface area contributed by atoms with Gasteiger partial charge in [0.15, 0.2) is 11.7 Å². The number of rotatable bonds is 6. The lowest BCUT2D eigenvalue weighted by atomic mass is 10.1. The molecule has 1 aliphatic carbocycles. The van der Waals surface area contributed by atoms with Crippen LogP contribution >= 0.6 is 11.3 Å². The predicted molar refractivity (Wildman–Crippen MR) is 120 cm³/mol. The molecule has 8 nitrogen and oxygen atoms in total. The number of fused-ring (bicyclic) bond motifs is 2. The van der Waals surface area contributed by atoms with Gasteiger partial charge in [0.2, 0.25) is 0 Å². The van der Waals surface area contributed by atoms with Crippen LogP contribution in [0.15, 0.2) is 33.5 Å². The van der Waals surface area contributed by atoms with Crippen LogP contribution in [0.4, 0.5) is 5.00 Å². The summed E-state index contributed by atoms with van der Waals surface area (Å²) in [6, 6.07) is 9.16. The molecular formula is C23H23N3O5S. The summed E-state index contributed by atoms with van der Waals surface area (Å²) in [5.74, 6) is -1.64. The van der Waals surface area contributed by atoms with E-state index in [2.05, 4.69) is 11.4 Å². The topological polar surface area (TPSA) is 114 Å². The highest BCUT2D eigenvalue weighted by Crippen LogP contribution is 2.37. The van der Waals surface area contributed by atoms with Gasteiger partial charge in [0.25, 0.3) is 5.91 Å². The number of oxazole rings is 1. The number of thiophene rings is 1. The second-order valence-electron chi connectivity index (χ2n) is 7.74. The van der Waals surface area contributed by atoms with Crippen molar-refractivity contribution in [2.24, 2.45) is 0 Å². The maximum Gasteiger partial charge on any atom is 0.419 e. The maximum atomic E-state index is 12.6. The molecule has 0 bridgehead atoms. The molecule has 0 spiro atoms. The smallest absolute Gasteiger partial charge is 0.419 e. The summed E-state index contributed by atoms with van der Waals surface area (Å²) in [5, 5.41) is 12.9. The fourth-order valence-electron chi connectivity index (χ4n) is 3.90. The van der Waals surface area contributed by atoms with Gasteiger partial charge in [0.1, 0.15) is 11.1 Å². The molecule has 166 valence electrons. The quantitative estimate of drug-likeness (QED) is 0.449. The maximum absolute atomic E-state index is 12.6. The minimum Gasteiger partial charge on any atom is -0.452 e. The zero-order valence-electron chi connectivity index (χ0n) is 17.7. The van der Waals surface area contributed by atoms with Crippen LogP contribution in [0, 0.1) is 11.3 Å². The summed E-state index contributed by atoms with van der Waals surface area (Å²) in [4.78, 5) is 38.0. The van der Waals surface area contributed by atoms with E-state index in [1.54, 1.807) is 24.3 Å². The molecule has 0 radical (unpaired) electrons. The Hall–Kier alpha value is -3.38. The molecule has 1 aromatic carbocycles. The summed E-state index contributed by atoms with van der Waals surface area (Å²) in [6.45, 7) is 1.57. The number of ether oxygens (including phenoxy) is 1. The van der Waals surface area contributed by atoms with Gasteiger partial charge in [-0.05, 0) is 50.3 Å². The van der Waals surface area contributed by atoms with Crippen molar-refractivity contribution in [2.75, 3.05) is 5.32 Å². The Bertz CT molecular complexity index is 1260. The Kier molecular flexibility index (Phi) is 6.42. The van der Waals surface area contributed by atoms with Crippen LogP contribution < -0.4 is 11.1 Å². The molecule has 32 heavy (non-hydrogen) atoms. The molecule has 1 atom stereocenters. The number of para-hydroxylation sites is 2. The molecule has 1 unspecified atom stereocenters. The lowest BCUT2D eigenvalue weighted by Crippen LogP contribution is -2.30. The van der Waals surface area contributed by atoms with Gasteiger partial charge in [-0.1, -0.05) is 18.6 Å². The van der Waals surface area contributed by atoms with Gasteiger partial charge in [-0.3, -0.25) is 14.2 Å². The number of anilines is 1. The van der Waals surface area contributed by atoms with Gasteiger partial charge in [-0.15, -0.1) is 11.3 Å². The van der Waals surface area contributed by atoms with E-state index >= 15 is 0 Å². The van der Waals surface area contributed by atoms with E-state index in [0.717, 1.165) is 42.5 Å². The number of aromatic nitrogens is 1. The molecule has 0 saturated heterocycles. The van der Waals surface area contributed by atoms with E-state index in [-0.39, 0.29) is 13.0 Å². The summed E-state index contributed by atoms with van der Waals surface area (Å²) in [7, 11) is 0. The van der Waals surface area contributed by atoms with Crippen molar-refractivity contribution in [3.8, 4) is 6.07 Å². The van der Waals surface area contributed by atoms with Crippen molar-refractivity contribution in [3.63, 3.8) is 0 Å². The van der Waals surface area contributed by atoms with Crippen LogP contribution in [0.25, 0.3) is 11.1 Å². The van der Waals surface area contributed by atoms with Crippen molar-refractivity contribution in [2.45, 2.75) is 58.1 Å². The van der Waals surface area contributed by atoms with Gasteiger partial charge in [-0.25, -0.2) is 4.79 Å². The Balaban J connectivity index is 1.37.